The van der Waals surface area contributed by atoms with Gasteiger partial charge in [0.25, 0.3) is 5.56 Å². The molecule has 1 fully saturated rings. The van der Waals surface area contributed by atoms with E-state index in [1.165, 1.54) is 0 Å². The first kappa shape index (κ1) is 13.8. The fraction of sp³-hybridized carbons (Fsp3) is 0.357. The molecule has 2 aromatic rings. The van der Waals surface area contributed by atoms with Gasteiger partial charge in [0.05, 0.1) is 11.4 Å². The molecular weight excluding hydrogens is 283 g/mol. The summed E-state index contributed by atoms with van der Waals surface area (Å²) in [5.74, 6) is -4.13. The van der Waals surface area contributed by atoms with E-state index in [2.05, 4.69) is 5.10 Å². The van der Waals surface area contributed by atoms with E-state index < -0.39 is 23.0 Å². The Morgan fingerprint density at radius 2 is 1.71 bits per heavy atom. The second-order valence-electron chi connectivity index (χ2n) is 5.28. The quantitative estimate of drug-likeness (QED) is 0.837. The highest BCUT2D eigenvalue weighted by Crippen LogP contribution is 2.35. The predicted octanol–water partition coefficient (Wildman–Crippen LogP) is 2.82. The number of rotatable bonds is 2. The van der Waals surface area contributed by atoms with Gasteiger partial charge in [-0.3, -0.25) is 9.89 Å². The molecule has 1 aliphatic carbocycles. The molecule has 0 spiro atoms. The van der Waals surface area contributed by atoms with E-state index >= 15 is 0 Å². The molecule has 3 rings (SSSR count). The van der Waals surface area contributed by atoms with Crippen LogP contribution < -0.4 is 11.3 Å². The number of hydrogen-bond acceptors (Lipinski definition) is 2. The van der Waals surface area contributed by atoms with Crippen molar-refractivity contribution >= 4 is 5.69 Å². The molecule has 1 heterocycles. The van der Waals surface area contributed by atoms with E-state index in [4.69, 9.17) is 5.73 Å². The van der Waals surface area contributed by atoms with Crippen LogP contribution >= 0.6 is 0 Å². The molecule has 1 aromatic heterocycles. The zero-order valence-corrected chi connectivity index (χ0v) is 11.1. The summed E-state index contributed by atoms with van der Waals surface area (Å²) < 4.78 is 40.5. The molecule has 1 saturated carbocycles. The lowest BCUT2D eigenvalue weighted by Crippen LogP contribution is -2.17. The molecule has 0 amide bonds. The summed E-state index contributed by atoms with van der Waals surface area (Å²) in [6.07, 6.45) is 3.93. The lowest BCUT2D eigenvalue weighted by Gasteiger charge is -2.07. The van der Waals surface area contributed by atoms with Gasteiger partial charge >= 0.3 is 0 Å². The van der Waals surface area contributed by atoms with E-state index in [-0.39, 0.29) is 17.3 Å². The van der Waals surface area contributed by atoms with E-state index in [1.54, 1.807) is 0 Å². The van der Waals surface area contributed by atoms with Gasteiger partial charge in [-0.25, -0.2) is 17.9 Å². The molecule has 21 heavy (non-hydrogen) atoms. The molecule has 0 radical (unpaired) electrons. The predicted molar refractivity (Wildman–Crippen MR) is 71.9 cm³/mol. The number of aromatic nitrogens is 2. The summed E-state index contributed by atoms with van der Waals surface area (Å²) in [5.41, 5.74) is 5.73. The number of anilines is 1. The largest absolute Gasteiger partial charge is 0.393 e. The molecule has 0 atom stereocenters. The van der Waals surface area contributed by atoms with Crippen LogP contribution in [0.1, 0.15) is 37.3 Å². The van der Waals surface area contributed by atoms with Gasteiger partial charge in [-0.2, -0.15) is 0 Å². The maximum atomic E-state index is 13.3. The van der Waals surface area contributed by atoms with Crippen molar-refractivity contribution in [3.63, 3.8) is 0 Å². The number of H-pyrrole nitrogens is 1. The minimum Gasteiger partial charge on any atom is -0.393 e. The maximum absolute atomic E-state index is 13.3. The van der Waals surface area contributed by atoms with Gasteiger partial charge in [-0.05, 0) is 12.8 Å². The highest BCUT2D eigenvalue weighted by atomic mass is 19.2. The third-order valence-electron chi connectivity index (χ3n) is 3.95. The van der Waals surface area contributed by atoms with Gasteiger partial charge < -0.3 is 5.73 Å². The van der Waals surface area contributed by atoms with E-state index in [0.29, 0.717) is 5.69 Å². The van der Waals surface area contributed by atoms with Crippen molar-refractivity contribution in [1.82, 2.24) is 9.78 Å². The highest BCUT2D eigenvalue weighted by molar-refractivity contribution is 5.46. The Balaban J connectivity index is 2.11. The molecule has 1 aliphatic rings. The van der Waals surface area contributed by atoms with E-state index in [1.807, 2.05) is 0 Å². The van der Waals surface area contributed by atoms with Crippen molar-refractivity contribution in [3.05, 3.63) is 45.6 Å². The summed E-state index contributed by atoms with van der Waals surface area (Å²) in [6.45, 7) is 0. The average molecular weight is 297 g/mol. The molecule has 4 nitrogen and oxygen atoms in total. The Morgan fingerprint density at radius 1 is 1.14 bits per heavy atom. The number of nitrogen functional groups attached to an aromatic ring is 1. The zero-order chi connectivity index (χ0) is 15.1. The topological polar surface area (TPSA) is 63.8 Å². The molecule has 7 heteroatoms. The highest BCUT2D eigenvalue weighted by Gasteiger charge is 2.24. The monoisotopic (exact) mass is 297 g/mol. The Kier molecular flexibility index (Phi) is 3.27. The van der Waals surface area contributed by atoms with Gasteiger partial charge in [0.15, 0.2) is 17.5 Å². The molecule has 0 bridgehead atoms. The third kappa shape index (κ3) is 2.22. The van der Waals surface area contributed by atoms with Crippen LogP contribution in [0.15, 0.2) is 16.9 Å². The smallest absolute Gasteiger partial charge is 0.294 e. The van der Waals surface area contributed by atoms with Crippen LogP contribution in [0.3, 0.4) is 0 Å². The SMILES string of the molecule is Nc1c(C2CCCC2)[nH]n(-c2cc(F)c(F)c(F)c2)c1=O. The van der Waals surface area contributed by atoms with Gasteiger partial charge in [0.2, 0.25) is 0 Å². The number of aromatic amines is 1. The van der Waals surface area contributed by atoms with Crippen LogP contribution in [0.2, 0.25) is 0 Å². The Bertz CT molecular complexity index is 721. The minimum atomic E-state index is -1.57. The number of nitrogens with zero attached hydrogens (tertiary/aromatic N) is 1. The van der Waals surface area contributed by atoms with Crippen LogP contribution in [-0.4, -0.2) is 9.78 Å². The normalized spacial score (nSPS) is 15.8. The van der Waals surface area contributed by atoms with Crippen molar-refractivity contribution in [2.45, 2.75) is 31.6 Å². The molecule has 0 saturated heterocycles. The first-order chi connectivity index (χ1) is 9.99. The number of halogens is 3. The van der Waals surface area contributed by atoms with Crippen molar-refractivity contribution in [3.8, 4) is 5.69 Å². The lowest BCUT2D eigenvalue weighted by molar-refractivity contribution is 0.445. The standard InChI is InChI=1S/C14H14F3N3O/c15-9-5-8(6-10(16)11(9)17)20-14(21)12(18)13(19-20)7-3-1-2-4-7/h5-7,19H,1-4,18H2. The second-order valence-corrected chi connectivity index (χ2v) is 5.28. The summed E-state index contributed by atoms with van der Waals surface area (Å²) in [5, 5.41) is 2.81. The number of nitrogens with one attached hydrogen (secondary N) is 1. The summed E-state index contributed by atoms with van der Waals surface area (Å²) in [6, 6.07) is 1.52. The van der Waals surface area contributed by atoms with Crippen LogP contribution in [0.4, 0.5) is 18.9 Å². The molecule has 112 valence electrons. The minimum absolute atomic E-state index is 0.0482. The zero-order valence-electron chi connectivity index (χ0n) is 11.1. The first-order valence-electron chi connectivity index (χ1n) is 6.74. The van der Waals surface area contributed by atoms with Crippen LogP contribution in [0, 0.1) is 17.5 Å². The maximum Gasteiger partial charge on any atom is 0.294 e. The Morgan fingerprint density at radius 3 is 2.29 bits per heavy atom. The Hall–Kier alpha value is -2.18. The van der Waals surface area contributed by atoms with E-state index in [9.17, 15) is 18.0 Å². The van der Waals surface area contributed by atoms with Crippen LogP contribution in [-0.2, 0) is 0 Å². The van der Waals surface area contributed by atoms with Gasteiger partial charge in [0.1, 0.15) is 5.69 Å². The van der Waals surface area contributed by atoms with E-state index in [0.717, 1.165) is 42.5 Å². The average Bonchev–Trinajstić information content (AvgIpc) is 3.06. The van der Waals surface area contributed by atoms with Crippen molar-refractivity contribution in [2.75, 3.05) is 5.73 Å². The first-order valence-corrected chi connectivity index (χ1v) is 6.74. The lowest BCUT2D eigenvalue weighted by atomic mass is 10.0. The summed E-state index contributed by atoms with van der Waals surface area (Å²) >= 11 is 0. The van der Waals surface area contributed by atoms with Gasteiger partial charge in [-0.15, -0.1) is 0 Å². The number of benzene rings is 1. The fourth-order valence-corrected chi connectivity index (χ4v) is 2.85. The van der Waals surface area contributed by atoms with Crippen molar-refractivity contribution < 1.29 is 13.2 Å². The van der Waals surface area contributed by atoms with Gasteiger partial charge in [-0.1, -0.05) is 12.8 Å². The van der Waals surface area contributed by atoms with Crippen LogP contribution in [0.5, 0.6) is 0 Å². The van der Waals surface area contributed by atoms with Crippen molar-refractivity contribution in [2.24, 2.45) is 0 Å². The fourth-order valence-electron chi connectivity index (χ4n) is 2.85. The molecular formula is C14H14F3N3O. The number of hydrogen-bond donors (Lipinski definition) is 2. The molecule has 0 unspecified atom stereocenters. The summed E-state index contributed by atoms with van der Waals surface area (Å²) in [7, 11) is 0. The molecule has 3 N–H and O–H groups in total. The molecule has 0 aliphatic heterocycles. The number of nitrogens with two attached hydrogens (primary N) is 1. The van der Waals surface area contributed by atoms with Crippen LogP contribution in [0.25, 0.3) is 5.69 Å². The van der Waals surface area contributed by atoms with Gasteiger partial charge in [0, 0.05) is 18.1 Å². The molecule has 1 aromatic carbocycles. The second kappa shape index (κ2) is 4.98. The summed E-state index contributed by atoms with van der Waals surface area (Å²) in [4.78, 5) is 12.1. The Labute approximate surface area is 118 Å². The van der Waals surface area contributed by atoms with Crippen molar-refractivity contribution in [1.29, 1.82) is 0 Å². The third-order valence-corrected chi connectivity index (χ3v) is 3.95.